The molecule has 4 aromatic rings. The topological polar surface area (TPSA) is 105 Å². The molecule has 0 saturated carbocycles. The van der Waals surface area contributed by atoms with Gasteiger partial charge in [0.2, 0.25) is 0 Å². The molecule has 1 N–H and O–H groups in total. The Hall–Kier alpha value is -4.28. The largest absolute Gasteiger partial charge is 0.497 e. The normalized spacial score (nSPS) is 11.5. The first-order valence-corrected chi connectivity index (χ1v) is 16.0. The first kappa shape index (κ1) is 35.2. The first-order chi connectivity index (χ1) is 21.5. The van der Waals surface area contributed by atoms with Gasteiger partial charge in [0.05, 0.1) is 12.0 Å². The van der Waals surface area contributed by atoms with Crippen molar-refractivity contribution in [1.82, 2.24) is 14.6 Å². The number of rotatable bonds is 12. The van der Waals surface area contributed by atoms with Gasteiger partial charge in [-0.25, -0.2) is 13.5 Å². The Balaban J connectivity index is 0.000000693. The summed E-state index contributed by atoms with van der Waals surface area (Å²) in [6.45, 7) is 11.3. The van der Waals surface area contributed by atoms with Crippen molar-refractivity contribution in [3.8, 4) is 5.75 Å². The van der Waals surface area contributed by atoms with Crippen molar-refractivity contribution in [3.63, 3.8) is 0 Å². The lowest BCUT2D eigenvalue weighted by Crippen LogP contribution is -2.33. The molecule has 9 nitrogen and oxygen atoms in total. The summed E-state index contributed by atoms with van der Waals surface area (Å²) < 4.78 is 25.6. The van der Waals surface area contributed by atoms with Gasteiger partial charge in [-0.2, -0.15) is 0 Å². The van der Waals surface area contributed by atoms with Gasteiger partial charge in [0.1, 0.15) is 22.5 Å². The average Bonchev–Trinajstić information content (AvgIpc) is 3.39. The number of ether oxygens (including phenoxy) is 1. The molecule has 0 saturated heterocycles. The van der Waals surface area contributed by atoms with Crippen molar-refractivity contribution in [2.45, 2.75) is 45.9 Å². The van der Waals surface area contributed by atoms with Crippen LogP contribution in [0.1, 0.15) is 58.3 Å². The minimum Gasteiger partial charge on any atom is -0.497 e. The van der Waals surface area contributed by atoms with Crippen LogP contribution in [0.15, 0.2) is 88.2 Å². The highest BCUT2D eigenvalue weighted by atomic mass is 32.2. The van der Waals surface area contributed by atoms with E-state index in [0.29, 0.717) is 59.8 Å². The van der Waals surface area contributed by atoms with E-state index in [9.17, 15) is 13.8 Å². The van der Waals surface area contributed by atoms with Gasteiger partial charge in [-0.05, 0) is 74.7 Å². The summed E-state index contributed by atoms with van der Waals surface area (Å²) in [7, 11) is 1.95. The molecule has 0 aliphatic carbocycles. The second kappa shape index (κ2) is 17.3. The van der Waals surface area contributed by atoms with Crippen LogP contribution in [-0.2, 0) is 11.0 Å². The standard InChI is InChI=1S/C28H36N4O5S.C7H8/c1-19(2)18-32(38(35)25-14-12-24(36-6)13-15-25)17-7-16-29-27(33)22-8-10-23(11-9-22)31(5)28(34)26-20(3)37-21(4)30-26;1-7-5-3-2-4-6-7/h8-15,19H,7,16-18H2,1-6H3,(H,29,33);2-6H,1H3. The van der Waals surface area contributed by atoms with E-state index in [1.807, 2.05) is 34.6 Å². The SMILES string of the molecule is COc1ccc(S(=O)N(CCCNC(=O)c2ccc(N(C)C(=O)c3nc(C)oc3C)cc2)CC(C)C)cc1.Cc1ccccc1. The van der Waals surface area contributed by atoms with Crippen molar-refractivity contribution >= 4 is 28.5 Å². The number of hydrogen-bond acceptors (Lipinski definition) is 6. The van der Waals surface area contributed by atoms with E-state index >= 15 is 0 Å². The van der Waals surface area contributed by atoms with E-state index in [0.717, 1.165) is 5.75 Å². The minimum absolute atomic E-state index is 0.208. The second-order valence-electron chi connectivity index (χ2n) is 11.0. The van der Waals surface area contributed by atoms with Gasteiger partial charge in [0.25, 0.3) is 11.8 Å². The van der Waals surface area contributed by atoms with Crippen molar-refractivity contribution in [2.24, 2.45) is 5.92 Å². The van der Waals surface area contributed by atoms with E-state index < -0.39 is 11.0 Å². The molecule has 1 aromatic heterocycles. The number of anilines is 1. The van der Waals surface area contributed by atoms with E-state index in [-0.39, 0.29) is 17.5 Å². The Bertz CT molecular complexity index is 1540. The number of nitrogens with one attached hydrogen (secondary N) is 1. The Morgan fingerprint density at radius 1 is 0.956 bits per heavy atom. The Kier molecular flexibility index (Phi) is 13.5. The van der Waals surface area contributed by atoms with Crippen molar-refractivity contribution < 1.29 is 23.0 Å². The fraction of sp³-hybridized carbons (Fsp3) is 0.343. The molecule has 45 heavy (non-hydrogen) atoms. The first-order valence-electron chi connectivity index (χ1n) is 14.9. The summed E-state index contributed by atoms with van der Waals surface area (Å²) in [4.78, 5) is 31.8. The molecule has 0 spiro atoms. The molecule has 10 heteroatoms. The number of aryl methyl sites for hydroxylation is 3. The molecule has 2 amide bonds. The number of hydrogen-bond donors (Lipinski definition) is 1. The summed E-state index contributed by atoms with van der Waals surface area (Å²) in [5.74, 6) is 1.47. The van der Waals surface area contributed by atoms with Crippen LogP contribution in [0, 0.1) is 26.7 Å². The van der Waals surface area contributed by atoms with E-state index in [1.165, 1.54) is 10.5 Å². The predicted molar refractivity (Wildman–Crippen MR) is 179 cm³/mol. The minimum atomic E-state index is -1.30. The molecule has 0 bridgehead atoms. The summed E-state index contributed by atoms with van der Waals surface area (Å²) >= 11 is 0. The summed E-state index contributed by atoms with van der Waals surface area (Å²) in [6, 6.07) is 24.3. The molecule has 0 fully saturated rings. The zero-order valence-electron chi connectivity index (χ0n) is 27.2. The third-order valence-electron chi connectivity index (χ3n) is 6.80. The van der Waals surface area contributed by atoms with Crippen LogP contribution in [0.3, 0.4) is 0 Å². The molecular formula is C35H44N4O5S. The fourth-order valence-electron chi connectivity index (χ4n) is 4.42. The maximum absolute atomic E-state index is 13.1. The maximum Gasteiger partial charge on any atom is 0.280 e. The number of carbonyl (C=O) groups excluding carboxylic acids is 2. The summed E-state index contributed by atoms with van der Waals surface area (Å²) in [5, 5.41) is 2.92. The zero-order chi connectivity index (χ0) is 32.9. The van der Waals surface area contributed by atoms with Crippen molar-refractivity contribution in [3.05, 3.63) is 107 Å². The number of methoxy groups -OCH3 is 1. The van der Waals surface area contributed by atoms with E-state index in [2.05, 4.69) is 43.2 Å². The van der Waals surface area contributed by atoms with Gasteiger partial charge < -0.3 is 19.4 Å². The van der Waals surface area contributed by atoms with E-state index in [4.69, 9.17) is 9.15 Å². The van der Waals surface area contributed by atoms with Crippen molar-refractivity contribution in [2.75, 3.05) is 38.7 Å². The average molecular weight is 633 g/mol. The fourth-order valence-corrected chi connectivity index (χ4v) is 5.82. The van der Waals surface area contributed by atoms with Crippen molar-refractivity contribution in [1.29, 1.82) is 0 Å². The number of amides is 2. The van der Waals surface area contributed by atoms with Crippen LogP contribution in [0.2, 0.25) is 0 Å². The quantitative estimate of drug-likeness (QED) is 0.182. The smallest absolute Gasteiger partial charge is 0.280 e. The maximum atomic E-state index is 13.1. The Morgan fingerprint density at radius 2 is 1.60 bits per heavy atom. The Labute approximate surface area is 269 Å². The lowest BCUT2D eigenvalue weighted by Gasteiger charge is -2.23. The molecule has 1 atom stereocenters. The van der Waals surface area contributed by atoms with Gasteiger partial charge in [0.15, 0.2) is 11.6 Å². The lowest BCUT2D eigenvalue weighted by molar-refractivity contribution is 0.0951. The van der Waals surface area contributed by atoms with Crippen LogP contribution in [0.25, 0.3) is 0 Å². The monoisotopic (exact) mass is 632 g/mol. The van der Waals surface area contributed by atoms with Crippen LogP contribution < -0.4 is 15.0 Å². The Morgan fingerprint density at radius 3 is 2.11 bits per heavy atom. The van der Waals surface area contributed by atoms with Gasteiger partial charge in [0, 0.05) is 44.9 Å². The van der Waals surface area contributed by atoms with Gasteiger partial charge in [-0.3, -0.25) is 9.59 Å². The highest BCUT2D eigenvalue weighted by Gasteiger charge is 2.21. The molecule has 3 aromatic carbocycles. The number of carbonyl (C=O) groups is 2. The molecular weight excluding hydrogens is 588 g/mol. The molecule has 240 valence electrons. The predicted octanol–water partition coefficient (Wildman–Crippen LogP) is 6.37. The molecule has 1 heterocycles. The molecule has 0 aliphatic heterocycles. The lowest BCUT2D eigenvalue weighted by atomic mass is 10.1. The zero-order valence-corrected chi connectivity index (χ0v) is 28.0. The van der Waals surface area contributed by atoms with Crippen LogP contribution in [0.5, 0.6) is 5.75 Å². The van der Waals surface area contributed by atoms with Crippen LogP contribution >= 0.6 is 0 Å². The summed E-state index contributed by atoms with van der Waals surface area (Å²) in [6.07, 6.45) is 0.645. The van der Waals surface area contributed by atoms with Gasteiger partial charge in [-0.1, -0.05) is 49.7 Å². The number of oxazole rings is 1. The number of benzene rings is 3. The highest BCUT2D eigenvalue weighted by molar-refractivity contribution is 7.82. The van der Waals surface area contributed by atoms with Gasteiger partial charge >= 0.3 is 0 Å². The van der Waals surface area contributed by atoms with Gasteiger partial charge in [-0.15, -0.1) is 0 Å². The van der Waals surface area contributed by atoms with E-state index in [1.54, 1.807) is 64.4 Å². The molecule has 0 radical (unpaired) electrons. The number of aromatic nitrogens is 1. The third-order valence-corrected chi connectivity index (χ3v) is 8.28. The van der Waals surface area contributed by atoms with Crippen LogP contribution in [0.4, 0.5) is 5.69 Å². The molecule has 0 aliphatic rings. The molecule has 4 rings (SSSR count). The van der Waals surface area contributed by atoms with Crippen LogP contribution in [-0.4, -0.2) is 59.1 Å². The second-order valence-corrected chi connectivity index (χ2v) is 12.5. The molecule has 1 unspecified atom stereocenters. The number of nitrogens with zero attached hydrogens (tertiary/aromatic N) is 3. The highest BCUT2D eigenvalue weighted by Crippen LogP contribution is 2.20. The summed E-state index contributed by atoms with van der Waals surface area (Å²) in [5.41, 5.74) is 2.72. The third kappa shape index (κ3) is 10.7.